The summed E-state index contributed by atoms with van der Waals surface area (Å²) in [5.41, 5.74) is 1.23. The standard InChI is InChI=1S/C14H21BrN2O/c1-10-6-7-16-14(13(10)15)17(8-9-18-3)11(2)12-4-5-12/h6-7,11-12H,4-5,8-9H2,1-3H3. The number of ether oxygens (including phenoxy) is 1. The normalized spacial score (nSPS) is 16.7. The molecular weight excluding hydrogens is 292 g/mol. The highest BCUT2D eigenvalue weighted by Crippen LogP contribution is 2.38. The van der Waals surface area contributed by atoms with Gasteiger partial charge in [-0.25, -0.2) is 4.98 Å². The van der Waals surface area contributed by atoms with Gasteiger partial charge in [-0.1, -0.05) is 0 Å². The topological polar surface area (TPSA) is 25.4 Å². The molecule has 1 saturated carbocycles. The zero-order valence-electron chi connectivity index (χ0n) is 11.3. The molecule has 0 bridgehead atoms. The maximum Gasteiger partial charge on any atom is 0.143 e. The van der Waals surface area contributed by atoms with E-state index < -0.39 is 0 Å². The van der Waals surface area contributed by atoms with Gasteiger partial charge in [0.1, 0.15) is 5.82 Å². The van der Waals surface area contributed by atoms with Crippen molar-refractivity contribution in [3.8, 4) is 0 Å². The van der Waals surface area contributed by atoms with Crippen LogP contribution in [0.4, 0.5) is 5.82 Å². The van der Waals surface area contributed by atoms with Gasteiger partial charge in [0, 0.05) is 25.9 Å². The number of halogens is 1. The molecule has 100 valence electrons. The summed E-state index contributed by atoms with van der Waals surface area (Å²) in [6.45, 7) is 6.03. The van der Waals surface area contributed by atoms with Crippen LogP contribution in [0.15, 0.2) is 16.7 Å². The molecule has 1 atom stereocenters. The Hall–Kier alpha value is -0.610. The lowest BCUT2D eigenvalue weighted by molar-refractivity contribution is 0.202. The molecule has 18 heavy (non-hydrogen) atoms. The lowest BCUT2D eigenvalue weighted by atomic mass is 10.1. The van der Waals surface area contributed by atoms with Gasteiger partial charge in [-0.15, -0.1) is 0 Å². The van der Waals surface area contributed by atoms with Crippen LogP contribution < -0.4 is 4.90 Å². The van der Waals surface area contributed by atoms with Crippen LogP contribution in [-0.4, -0.2) is 31.3 Å². The Labute approximate surface area is 118 Å². The van der Waals surface area contributed by atoms with Crippen LogP contribution in [0.2, 0.25) is 0 Å². The van der Waals surface area contributed by atoms with Gasteiger partial charge >= 0.3 is 0 Å². The quantitative estimate of drug-likeness (QED) is 0.805. The summed E-state index contributed by atoms with van der Waals surface area (Å²) in [4.78, 5) is 6.92. The third kappa shape index (κ3) is 3.04. The molecule has 1 aliphatic carbocycles. The largest absolute Gasteiger partial charge is 0.383 e. The monoisotopic (exact) mass is 312 g/mol. The van der Waals surface area contributed by atoms with Gasteiger partial charge in [-0.3, -0.25) is 0 Å². The summed E-state index contributed by atoms with van der Waals surface area (Å²) in [5, 5.41) is 0. The second-order valence-corrected chi connectivity index (χ2v) is 5.82. The minimum atomic E-state index is 0.533. The first-order valence-electron chi connectivity index (χ1n) is 6.51. The van der Waals surface area contributed by atoms with E-state index in [1.165, 1.54) is 18.4 Å². The van der Waals surface area contributed by atoms with Gasteiger partial charge < -0.3 is 9.64 Å². The summed E-state index contributed by atoms with van der Waals surface area (Å²) >= 11 is 3.67. The predicted octanol–water partition coefficient (Wildman–Crippen LogP) is 3.40. The van der Waals surface area contributed by atoms with Crippen LogP contribution in [0.3, 0.4) is 0 Å². The fourth-order valence-corrected chi connectivity index (χ4v) is 2.71. The van der Waals surface area contributed by atoms with Crippen molar-refractivity contribution in [2.24, 2.45) is 5.92 Å². The highest BCUT2D eigenvalue weighted by atomic mass is 79.9. The van der Waals surface area contributed by atoms with E-state index in [2.05, 4.69) is 39.7 Å². The molecule has 1 heterocycles. The molecule has 0 amide bonds. The summed E-state index contributed by atoms with van der Waals surface area (Å²) in [5.74, 6) is 1.86. The van der Waals surface area contributed by atoms with Crippen molar-refractivity contribution in [3.05, 3.63) is 22.3 Å². The van der Waals surface area contributed by atoms with Crippen molar-refractivity contribution in [3.63, 3.8) is 0 Å². The van der Waals surface area contributed by atoms with E-state index in [-0.39, 0.29) is 0 Å². The third-order valence-electron chi connectivity index (χ3n) is 3.67. The Balaban J connectivity index is 2.23. The molecule has 1 aliphatic rings. The van der Waals surface area contributed by atoms with Crippen molar-refractivity contribution in [2.75, 3.05) is 25.2 Å². The number of nitrogens with zero attached hydrogens (tertiary/aromatic N) is 2. The van der Waals surface area contributed by atoms with Crippen molar-refractivity contribution in [2.45, 2.75) is 32.7 Å². The van der Waals surface area contributed by atoms with E-state index in [1.54, 1.807) is 7.11 Å². The van der Waals surface area contributed by atoms with Gasteiger partial charge in [0.2, 0.25) is 0 Å². The minimum Gasteiger partial charge on any atom is -0.383 e. The van der Waals surface area contributed by atoms with E-state index in [0.29, 0.717) is 6.04 Å². The zero-order valence-corrected chi connectivity index (χ0v) is 12.9. The van der Waals surface area contributed by atoms with E-state index in [9.17, 15) is 0 Å². The predicted molar refractivity (Wildman–Crippen MR) is 78.1 cm³/mol. The fraction of sp³-hybridized carbons (Fsp3) is 0.643. The van der Waals surface area contributed by atoms with Crippen molar-refractivity contribution in [1.82, 2.24) is 4.98 Å². The number of anilines is 1. The lowest BCUT2D eigenvalue weighted by Gasteiger charge is -2.31. The van der Waals surface area contributed by atoms with Crippen molar-refractivity contribution in [1.29, 1.82) is 0 Å². The first kappa shape index (κ1) is 13.8. The van der Waals surface area contributed by atoms with E-state index in [1.807, 2.05) is 12.3 Å². The maximum absolute atomic E-state index is 5.23. The highest BCUT2D eigenvalue weighted by Gasteiger charge is 2.33. The molecule has 0 radical (unpaired) electrons. The number of hydrogen-bond acceptors (Lipinski definition) is 3. The van der Waals surface area contributed by atoms with Crippen LogP contribution >= 0.6 is 15.9 Å². The van der Waals surface area contributed by atoms with Gasteiger partial charge in [0.15, 0.2) is 0 Å². The molecule has 1 aromatic rings. The Morgan fingerprint density at radius 2 is 2.28 bits per heavy atom. The Morgan fingerprint density at radius 1 is 1.56 bits per heavy atom. The Kier molecular flexibility index (Phi) is 4.62. The summed E-state index contributed by atoms with van der Waals surface area (Å²) in [7, 11) is 1.75. The second kappa shape index (κ2) is 6.02. The molecule has 0 spiro atoms. The molecule has 1 aromatic heterocycles. The van der Waals surface area contributed by atoms with Crippen molar-refractivity contribution >= 4 is 21.7 Å². The van der Waals surface area contributed by atoms with E-state index in [4.69, 9.17) is 4.74 Å². The number of hydrogen-bond donors (Lipinski definition) is 0. The summed E-state index contributed by atoms with van der Waals surface area (Å²) in [6.07, 6.45) is 4.57. The first-order valence-corrected chi connectivity index (χ1v) is 7.31. The smallest absolute Gasteiger partial charge is 0.143 e. The molecule has 3 nitrogen and oxygen atoms in total. The third-order valence-corrected chi connectivity index (χ3v) is 4.65. The highest BCUT2D eigenvalue weighted by molar-refractivity contribution is 9.10. The molecule has 2 rings (SSSR count). The van der Waals surface area contributed by atoms with E-state index >= 15 is 0 Å². The molecule has 4 heteroatoms. The lowest BCUT2D eigenvalue weighted by Crippen LogP contribution is -2.38. The van der Waals surface area contributed by atoms with Gasteiger partial charge in [0.05, 0.1) is 11.1 Å². The average Bonchev–Trinajstić information content (AvgIpc) is 3.18. The minimum absolute atomic E-state index is 0.533. The maximum atomic E-state index is 5.23. The van der Waals surface area contributed by atoms with Crippen LogP contribution in [0, 0.1) is 12.8 Å². The molecular formula is C14H21BrN2O. The molecule has 0 N–H and O–H groups in total. The van der Waals surface area contributed by atoms with Gasteiger partial charge in [-0.2, -0.15) is 0 Å². The van der Waals surface area contributed by atoms with Gasteiger partial charge in [-0.05, 0) is 60.2 Å². The summed E-state index contributed by atoms with van der Waals surface area (Å²) in [6, 6.07) is 2.56. The van der Waals surface area contributed by atoms with Crippen molar-refractivity contribution < 1.29 is 4.74 Å². The number of methoxy groups -OCH3 is 1. The van der Waals surface area contributed by atoms with Crippen LogP contribution in [0.25, 0.3) is 0 Å². The molecule has 0 aliphatic heterocycles. The molecule has 1 fully saturated rings. The molecule has 1 unspecified atom stereocenters. The fourth-order valence-electron chi connectivity index (χ4n) is 2.25. The van der Waals surface area contributed by atoms with Gasteiger partial charge in [0.25, 0.3) is 0 Å². The molecule has 0 aromatic carbocycles. The number of rotatable bonds is 6. The van der Waals surface area contributed by atoms with E-state index in [0.717, 1.165) is 29.4 Å². The Morgan fingerprint density at radius 3 is 2.89 bits per heavy atom. The summed E-state index contributed by atoms with van der Waals surface area (Å²) < 4.78 is 6.33. The molecule has 0 saturated heterocycles. The van der Waals surface area contributed by atoms with Crippen LogP contribution in [-0.2, 0) is 4.74 Å². The van der Waals surface area contributed by atoms with Crippen LogP contribution in [0.1, 0.15) is 25.3 Å². The number of aromatic nitrogens is 1. The first-order chi connectivity index (χ1) is 8.65. The number of aryl methyl sites for hydroxylation is 1. The Bertz CT molecular complexity index is 407. The SMILES string of the molecule is COCCN(c1nccc(C)c1Br)C(C)C1CC1. The number of pyridine rings is 1. The van der Waals surface area contributed by atoms with Crippen LogP contribution in [0.5, 0.6) is 0 Å². The zero-order chi connectivity index (χ0) is 13.1. The average molecular weight is 313 g/mol. The second-order valence-electron chi connectivity index (χ2n) is 5.03.